The molecule has 1 saturated heterocycles. The van der Waals surface area contributed by atoms with Gasteiger partial charge in [-0.1, -0.05) is 38.1 Å². The number of anilines is 1. The molecule has 0 atom stereocenters. The lowest BCUT2D eigenvalue weighted by Crippen LogP contribution is -2.40. The van der Waals surface area contributed by atoms with Crippen LogP contribution in [-0.4, -0.2) is 49.5 Å². The number of amides is 1. The van der Waals surface area contributed by atoms with Gasteiger partial charge in [-0.3, -0.25) is 4.79 Å². The predicted octanol–water partition coefficient (Wildman–Crippen LogP) is 3.88. The Hall–Kier alpha value is -2.68. The van der Waals surface area contributed by atoms with Gasteiger partial charge < -0.3 is 14.6 Å². The molecule has 0 spiro atoms. The molecule has 1 aliphatic heterocycles. The van der Waals surface area contributed by atoms with Crippen molar-refractivity contribution in [3.05, 3.63) is 59.8 Å². The fourth-order valence-corrected chi connectivity index (χ4v) is 5.71. The molecule has 3 aromatic rings. The van der Waals surface area contributed by atoms with Gasteiger partial charge in [-0.2, -0.15) is 4.31 Å². The van der Waals surface area contributed by atoms with Crippen LogP contribution in [0.25, 0.3) is 10.9 Å². The second-order valence-electron chi connectivity index (χ2n) is 8.56. The van der Waals surface area contributed by atoms with Crippen molar-refractivity contribution in [2.45, 2.75) is 32.2 Å². The number of benzene rings is 2. The lowest BCUT2D eigenvalue weighted by molar-refractivity contribution is 0.0730. The second kappa shape index (κ2) is 9.05. The van der Waals surface area contributed by atoms with Crippen molar-refractivity contribution in [2.24, 2.45) is 5.92 Å². The zero-order valence-corrected chi connectivity index (χ0v) is 19.5. The first-order valence-corrected chi connectivity index (χ1v) is 12.3. The van der Waals surface area contributed by atoms with Crippen LogP contribution in [0.1, 0.15) is 29.8 Å². The molecule has 32 heavy (non-hydrogen) atoms. The number of ether oxygens (including phenoxy) is 1. The highest BCUT2D eigenvalue weighted by atomic mass is 32.2. The van der Waals surface area contributed by atoms with Gasteiger partial charge in [0.1, 0.15) is 0 Å². The summed E-state index contributed by atoms with van der Waals surface area (Å²) in [5, 5.41) is 3.77. The summed E-state index contributed by atoms with van der Waals surface area (Å²) in [5.41, 5.74) is 2.67. The number of morpholine rings is 1. The van der Waals surface area contributed by atoms with Gasteiger partial charge in [0.05, 0.1) is 23.7 Å². The molecule has 2 aromatic carbocycles. The Morgan fingerprint density at radius 2 is 1.84 bits per heavy atom. The molecule has 0 unspecified atom stereocenters. The van der Waals surface area contributed by atoms with E-state index in [9.17, 15) is 13.2 Å². The number of para-hydroxylation sites is 1. The van der Waals surface area contributed by atoms with Gasteiger partial charge in [0.15, 0.2) is 0 Å². The van der Waals surface area contributed by atoms with Gasteiger partial charge in [-0.05, 0) is 36.6 Å². The van der Waals surface area contributed by atoms with Crippen LogP contribution in [0.15, 0.2) is 53.6 Å². The third-order valence-electron chi connectivity index (χ3n) is 5.63. The minimum atomic E-state index is -3.66. The lowest BCUT2D eigenvalue weighted by Gasteiger charge is -2.26. The number of carbonyl (C=O) groups is 1. The first-order chi connectivity index (χ1) is 15.3. The van der Waals surface area contributed by atoms with E-state index >= 15 is 0 Å². The van der Waals surface area contributed by atoms with Crippen molar-refractivity contribution in [3.8, 4) is 0 Å². The third kappa shape index (κ3) is 4.44. The fourth-order valence-electron chi connectivity index (χ4n) is 4.05. The highest BCUT2D eigenvalue weighted by Gasteiger charge is 2.28. The quantitative estimate of drug-likeness (QED) is 0.612. The molecule has 170 valence electrons. The molecule has 1 N–H and O–H groups in total. The first kappa shape index (κ1) is 22.5. The average Bonchev–Trinajstić information content (AvgIpc) is 3.13. The summed E-state index contributed by atoms with van der Waals surface area (Å²) >= 11 is 0. The lowest BCUT2D eigenvalue weighted by atomic mass is 10.1. The molecular formula is C24H29N3O4S. The van der Waals surface area contributed by atoms with Crippen molar-refractivity contribution in [2.75, 3.05) is 31.6 Å². The SMILES string of the molecule is Cc1ccc(NC(=O)c2cn(CC(C)C)c3ccccc23)cc1S(=O)(=O)N1CCOCC1. The molecule has 1 amide bonds. The Labute approximate surface area is 189 Å². The Bertz CT molecular complexity index is 1240. The Kier molecular flexibility index (Phi) is 6.37. The van der Waals surface area contributed by atoms with E-state index in [1.807, 2.05) is 30.5 Å². The molecule has 8 heteroatoms. The van der Waals surface area contributed by atoms with E-state index in [0.717, 1.165) is 17.4 Å². The van der Waals surface area contributed by atoms with Crippen molar-refractivity contribution in [1.82, 2.24) is 8.87 Å². The van der Waals surface area contributed by atoms with E-state index in [1.165, 1.54) is 4.31 Å². The molecule has 4 rings (SSSR count). The molecule has 2 heterocycles. The molecule has 1 aromatic heterocycles. The number of hydrogen-bond acceptors (Lipinski definition) is 4. The number of aromatic nitrogens is 1. The van der Waals surface area contributed by atoms with Crippen molar-refractivity contribution in [3.63, 3.8) is 0 Å². The standard InChI is InChI=1S/C24H29N3O4S/c1-17(2)15-26-16-21(20-6-4-5-7-22(20)26)24(28)25-19-9-8-18(3)23(14-19)32(29,30)27-10-12-31-13-11-27/h4-9,14,16-17H,10-13,15H2,1-3H3,(H,25,28). The summed E-state index contributed by atoms with van der Waals surface area (Å²) in [6, 6.07) is 12.8. The van der Waals surface area contributed by atoms with Crippen molar-refractivity contribution in [1.29, 1.82) is 0 Å². The zero-order valence-electron chi connectivity index (χ0n) is 18.7. The summed E-state index contributed by atoms with van der Waals surface area (Å²) in [7, 11) is -3.66. The summed E-state index contributed by atoms with van der Waals surface area (Å²) in [4.78, 5) is 13.4. The maximum absolute atomic E-state index is 13.2. The predicted molar refractivity (Wildman–Crippen MR) is 125 cm³/mol. The molecule has 0 saturated carbocycles. The summed E-state index contributed by atoms with van der Waals surface area (Å²) in [5.74, 6) is 0.175. The number of fused-ring (bicyclic) bond motifs is 1. The number of nitrogens with one attached hydrogen (secondary N) is 1. The van der Waals surface area contributed by atoms with Gasteiger partial charge in [-0.15, -0.1) is 0 Å². The van der Waals surface area contributed by atoms with E-state index in [-0.39, 0.29) is 10.8 Å². The van der Waals surface area contributed by atoms with E-state index in [2.05, 4.69) is 23.7 Å². The van der Waals surface area contributed by atoms with Gasteiger partial charge >= 0.3 is 0 Å². The molecule has 0 radical (unpaired) electrons. The smallest absolute Gasteiger partial charge is 0.257 e. The second-order valence-corrected chi connectivity index (χ2v) is 10.5. The van der Waals surface area contributed by atoms with Crippen LogP contribution < -0.4 is 5.32 Å². The van der Waals surface area contributed by atoms with Crippen LogP contribution >= 0.6 is 0 Å². The van der Waals surface area contributed by atoms with E-state index < -0.39 is 10.0 Å². The maximum atomic E-state index is 13.2. The molecular weight excluding hydrogens is 426 g/mol. The minimum absolute atomic E-state index is 0.208. The normalized spacial score (nSPS) is 15.4. The topological polar surface area (TPSA) is 80.6 Å². The van der Waals surface area contributed by atoms with Crippen LogP contribution in [-0.2, 0) is 21.3 Å². The number of hydrogen-bond donors (Lipinski definition) is 1. The Morgan fingerprint density at radius 1 is 1.12 bits per heavy atom. The Morgan fingerprint density at radius 3 is 2.56 bits per heavy atom. The molecule has 0 bridgehead atoms. The summed E-state index contributed by atoms with van der Waals surface area (Å²) in [6.07, 6.45) is 1.87. The highest BCUT2D eigenvalue weighted by molar-refractivity contribution is 7.89. The first-order valence-electron chi connectivity index (χ1n) is 10.8. The number of nitrogens with zero attached hydrogens (tertiary/aromatic N) is 2. The van der Waals surface area contributed by atoms with Crippen LogP contribution in [0, 0.1) is 12.8 Å². The van der Waals surface area contributed by atoms with Crippen molar-refractivity contribution < 1.29 is 17.9 Å². The monoisotopic (exact) mass is 455 g/mol. The highest BCUT2D eigenvalue weighted by Crippen LogP contribution is 2.27. The minimum Gasteiger partial charge on any atom is -0.379 e. The van der Waals surface area contributed by atoms with E-state index in [0.29, 0.717) is 49.0 Å². The third-order valence-corrected chi connectivity index (χ3v) is 7.67. The van der Waals surface area contributed by atoms with Gasteiger partial charge in [0.2, 0.25) is 10.0 Å². The van der Waals surface area contributed by atoms with Gasteiger partial charge in [0, 0.05) is 42.4 Å². The number of sulfonamides is 1. The van der Waals surface area contributed by atoms with Gasteiger partial charge in [0.25, 0.3) is 5.91 Å². The number of rotatable bonds is 6. The summed E-state index contributed by atoms with van der Waals surface area (Å²) < 4.78 is 35.1. The Balaban J connectivity index is 1.64. The zero-order chi connectivity index (χ0) is 22.9. The van der Waals surface area contributed by atoms with Crippen molar-refractivity contribution >= 4 is 32.5 Å². The van der Waals surface area contributed by atoms with Crippen LogP contribution in [0.5, 0.6) is 0 Å². The van der Waals surface area contributed by atoms with Crippen LogP contribution in [0.4, 0.5) is 5.69 Å². The van der Waals surface area contributed by atoms with E-state index in [1.54, 1.807) is 25.1 Å². The molecule has 1 aliphatic rings. The summed E-state index contributed by atoms with van der Waals surface area (Å²) in [6.45, 7) is 8.26. The number of aryl methyl sites for hydroxylation is 1. The largest absolute Gasteiger partial charge is 0.379 e. The van der Waals surface area contributed by atoms with Gasteiger partial charge in [-0.25, -0.2) is 8.42 Å². The molecule has 1 fully saturated rings. The van der Waals surface area contributed by atoms with E-state index in [4.69, 9.17) is 4.74 Å². The van der Waals surface area contributed by atoms with Crippen LogP contribution in [0.2, 0.25) is 0 Å². The molecule has 7 nitrogen and oxygen atoms in total. The average molecular weight is 456 g/mol. The fraction of sp³-hybridized carbons (Fsp3) is 0.375. The van der Waals surface area contributed by atoms with Crippen LogP contribution in [0.3, 0.4) is 0 Å². The molecule has 0 aliphatic carbocycles. The maximum Gasteiger partial charge on any atom is 0.257 e. The number of carbonyl (C=O) groups excluding carboxylic acids is 1.